The molecule has 0 saturated heterocycles. The van der Waals surface area contributed by atoms with Crippen LogP contribution in [0, 0.1) is 0 Å². The molecule has 3 amide bonds. The van der Waals surface area contributed by atoms with E-state index in [0.717, 1.165) is 16.7 Å². The van der Waals surface area contributed by atoms with Gasteiger partial charge in [0, 0.05) is 45.1 Å². The maximum absolute atomic E-state index is 12.7. The fourth-order valence-corrected chi connectivity index (χ4v) is 3.50. The van der Waals surface area contributed by atoms with Gasteiger partial charge in [-0.25, -0.2) is 19.6 Å². The van der Waals surface area contributed by atoms with E-state index >= 15 is 0 Å². The molecular formula is C21H21ClN6O3. The number of amides is 3. The number of nitrogens with zero attached hydrogens (tertiary/aromatic N) is 4. The number of anilines is 1. The molecule has 3 aromatic rings. The molecule has 9 nitrogen and oxygen atoms in total. The summed E-state index contributed by atoms with van der Waals surface area (Å²) in [5.41, 5.74) is 3.04. The summed E-state index contributed by atoms with van der Waals surface area (Å²) in [4.78, 5) is 39.0. The average molecular weight is 441 g/mol. The first-order chi connectivity index (χ1) is 14.9. The molecule has 2 N–H and O–H groups in total. The molecule has 1 aliphatic rings. The minimum atomic E-state index is -0.487. The Bertz CT molecular complexity index is 1170. The number of H-pyrrole nitrogens is 1. The summed E-state index contributed by atoms with van der Waals surface area (Å²) in [5, 5.41) is 4.20. The van der Waals surface area contributed by atoms with Gasteiger partial charge in [-0.3, -0.25) is 0 Å². The summed E-state index contributed by atoms with van der Waals surface area (Å²) in [6, 6.07) is 6.47. The highest BCUT2D eigenvalue weighted by Gasteiger charge is 2.21. The summed E-state index contributed by atoms with van der Waals surface area (Å²) < 4.78 is 5.23. The number of rotatable bonds is 3. The van der Waals surface area contributed by atoms with Gasteiger partial charge in [0.1, 0.15) is 17.7 Å². The van der Waals surface area contributed by atoms with E-state index in [4.69, 9.17) is 16.3 Å². The van der Waals surface area contributed by atoms with Crippen LogP contribution in [0.1, 0.15) is 12.1 Å². The first-order valence-electron chi connectivity index (χ1n) is 9.64. The second-order valence-electron chi connectivity index (χ2n) is 7.23. The third kappa shape index (κ3) is 4.46. The van der Waals surface area contributed by atoms with Gasteiger partial charge in [0.25, 0.3) is 0 Å². The van der Waals surface area contributed by atoms with Gasteiger partial charge in [-0.15, -0.1) is 0 Å². The van der Waals surface area contributed by atoms with Gasteiger partial charge >= 0.3 is 12.1 Å². The maximum atomic E-state index is 12.7. The second kappa shape index (κ2) is 8.65. The molecule has 10 heteroatoms. The van der Waals surface area contributed by atoms with Crippen molar-refractivity contribution in [3.63, 3.8) is 0 Å². The van der Waals surface area contributed by atoms with Crippen molar-refractivity contribution in [2.24, 2.45) is 0 Å². The van der Waals surface area contributed by atoms with Crippen LogP contribution in [-0.2, 0) is 0 Å². The third-order valence-corrected chi connectivity index (χ3v) is 5.18. The fraction of sp³-hybridized carbons (Fsp3) is 0.238. The highest BCUT2D eigenvalue weighted by Crippen LogP contribution is 2.31. The largest absolute Gasteiger partial charge is 0.414 e. The Kier molecular flexibility index (Phi) is 5.77. The molecule has 0 atom stereocenters. The number of carbonyl (C=O) groups is 2. The number of fused-ring (bicyclic) bond motifs is 1. The second-order valence-corrected chi connectivity index (χ2v) is 7.64. The molecule has 0 bridgehead atoms. The molecule has 0 aliphatic carbocycles. The third-order valence-electron chi connectivity index (χ3n) is 4.88. The number of aromatic amines is 1. The molecule has 0 saturated carbocycles. The van der Waals surface area contributed by atoms with E-state index in [9.17, 15) is 9.59 Å². The molecule has 3 heterocycles. The molecule has 1 aliphatic heterocycles. The van der Waals surface area contributed by atoms with E-state index in [1.54, 1.807) is 49.5 Å². The van der Waals surface area contributed by atoms with E-state index in [0.29, 0.717) is 41.6 Å². The summed E-state index contributed by atoms with van der Waals surface area (Å²) in [6.07, 6.45) is 5.32. The molecule has 1 aromatic carbocycles. The zero-order valence-electron chi connectivity index (χ0n) is 17.1. The lowest BCUT2D eigenvalue weighted by Gasteiger charge is -2.26. The summed E-state index contributed by atoms with van der Waals surface area (Å²) in [6.45, 7) is 0.963. The van der Waals surface area contributed by atoms with Crippen LogP contribution in [0.25, 0.3) is 16.6 Å². The summed E-state index contributed by atoms with van der Waals surface area (Å²) in [5.74, 6) is 0.355. The van der Waals surface area contributed by atoms with Gasteiger partial charge < -0.3 is 24.8 Å². The highest BCUT2D eigenvalue weighted by atomic mass is 35.5. The predicted octanol–water partition coefficient (Wildman–Crippen LogP) is 3.99. The molecule has 0 spiro atoms. The standard InChI is InChI=1S/C21H21ClN6O3/c1-27(2)21(30)31-15-5-3-4-14(10-15)26-20(29)28-8-6-13(7-9-28)18-17-16(22)11-23-19(17)25-12-24-18/h3-6,10-12H,7-9H2,1-2H3,(H,26,29)(H,23,24,25). The van der Waals surface area contributed by atoms with E-state index in [-0.39, 0.29) is 6.03 Å². The van der Waals surface area contributed by atoms with Gasteiger partial charge in [-0.1, -0.05) is 23.7 Å². The van der Waals surface area contributed by atoms with Crippen LogP contribution in [0.4, 0.5) is 15.3 Å². The van der Waals surface area contributed by atoms with Crippen LogP contribution < -0.4 is 10.1 Å². The lowest BCUT2D eigenvalue weighted by atomic mass is 10.0. The van der Waals surface area contributed by atoms with Crippen LogP contribution in [0.3, 0.4) is 0 Å². The van der Waals surface area contributed by atoms with Gasteiger partial charge in [-0.2, -0.15) is 0 Å². The Labute approximate surface area is 183 Å². The SMILES string of the molecule is CN(C)C(=O)Oc1cccc(NC(=O)N2CC=C(c3ncnc4[nH]cc(Cl)c34)CC2)c1. The van der Waals surface area contributed by atoms with Crippen molar-refractivity contribution < 1.29 is 14.3 Å². The molecule has 0 fully saturated rings. The molecular weight excluding hydrogens is 420 g/mol. The minimum Gasteiger partial charge on any atom is -0.410 e. The van der Waals surface area contributed by atoms with Crippen LogP contribution in [0.15, 0.2) is 42.9 Å². The van der Waals surface area contributed by atoms with Crippen LogP contribution in [-0.4, -0.2) is 64.1 Å². The Morgan fingerprint density at radius 2 is 2.13 bits per heavy atom. The number of benzene rings is 1. The first-order valence-corrected chi connectivity index (χ1v) is 10.0. The molecule has 2 aromatic heterocycles. The van der Waals surface area contributed by atoms with Crippen molar-refractivity contribution in [2.75, 3.05) is 32.5 Å². The average Bonchev–Trinajstić information content (AvgIpc) is 3.15. The van der Waals surface area contributed by atoms with Crippen molar-refractivity contribution >= 4 is 46.0 Å². The van der Waals surface area contributed by atoms with E-state index < -0.39 is 6.09 Å². The lowest BCUT2D eigenvalue weighted by molar-refractivity contribution is 0.172. The number of urea groups is 1. The first kappa shape index (κ1) is 20.7. The molecule has 4 rings (SSSR count). The number of hydrogen-bond donors (Lipinski definition) is 2. The molecule has 0 radical (unpaired) electrons. The van der Waals surface area contributed by atoms with Crippen molar-refractivity contribution in [3.05, 3.63) is 53.6 Å². The molecule has 160 valence electrons. The van der Waals surface area contributed by atoms with E-state index in [2.05, 4.69) is 20.3 Å². The van der Waals surface area contributed by atoms with Gasteiger partial charge in [0.15, 0.2) is 0 Å². The number of aromatic nitrogens is 3. The topological polar surface area (TPSA) is 103 Å². The normalized spacial score (nSPS) is 13.6. The van der Waals surface area contributed by atoms with Crippen molar-refractivity contribution in [2.45, 2.75) is 6.42 Å². The van der Waals surface area contributed by atoms with Gasteiger partial charge in [-0.05, 0) is 24.1 Å². The maximum Gasteiger partial charge on any atom is 0.414 e. The fourth-order valence-electron chi connectivity index (χ4n) is 3.27. The van der Waals surface area contributed by atoms with Crippen molar-refractivity contribution in [1.82, 2.24) is 24.8 Å². The number of nitrogens with one attached hydrogen (secondary N) is 2. The van der Waals surface area contributed by atoms with Crippen LogP contribution in [0.2, 0.25) is 5.02 Å². The smallest absolute Gasteiger partial charge is 0.410 e. The minimum absolute atomic E-state index is 0.237. The molecule has 31 heavy (non-hydrogen) atoms. The Hall–Kier alpha value is -3.59. The van der Waals surface area contributed by atoms with Gasteiger partial charge in [0.05, 0.1) is 16.1 Å². The Balaban J connectivity index is 1.43. The number of halogens is 1. The summed E-state index contributed by atoms with van der Waals surface area (Å²) in [7, 11) is 3.20. The zero-order chi connectivity index (χ0) is 22.0. The Morgan fingerprint density at radius 3 is 2.87 bits per heavy atom. The predicted molar refractivity (Wildman–Crippen MR) is 118 cm³/mol. The zero-order valence-corrected chi connectivity index (χ0v) is 17.8. The van der Waals surface area contributed by atoms with Crippen LogP contribution in [0.5, 0.6) is 5.75 Å². The van der Waals surface area contributed by atoms with Crippen LogP contribution >= 0.6 is 11.6 Å². The van der Waals surface area contributed by atoms with E-state index in [1.165, 1.54) is 11.2 Å². The Morgan fingerprint density at radius 1 is 1.29 bits per heavy atom. The highest BCUT2D eigenvalue weighted by molar-refractivity contribution is 6.36. The number of carbonyl (C=O) groups excluding carboxylic acids is 2. The van der Waals surface area contributed by atoms with Crippen molar-refractivity contribution in [1.29, 1.82) is 0 Å². The number of hydrogen-bond acceptors (Lipinski definition) is 5. The number of ether oxygens (including phenoxy) is 1. The summed E-state index contributed by atoms with van der Waals surface area (Å²) >= 11 is 6.28. The lowest BCUT2D eigenvalue weighted by Crippen LogP contribution is -2.38. The van der Waals surface area contributed by atoms with Crippen molar-refractivity contribution in [3.8, 4) is 5.75 Å². The van der Waals surface area contributed by atoms with E-state index in [1.807, 2.05) is 6.08 Å². The van der Waals surface area contributed by atoms with Gasteiger partial charge in [0.2, 0.25) is 0 Å². The molecule has 0 unspecified atom stereocenters. The monoisotopic (exact) mass is 440 g/mol. The quantitative estimate of drug-likeness (QED) is 0.640.